The molecule has 1 saturated heterocycles. The number of hydrogen-bond donors (Lipinski definition) is 1. The standard InChI is InChI=1S/C21H27FN2O4S2/c1-15-11-17(9-10-18(15)22)30(27,28)21-14-29(25,26)13-19(21)23-12-20(24(2)3)16-7-5-4-6-8-16/h4-11,19-21,23H,12-14H2,1-3H3/t19-,20?,21-/m0/s1. The second kappa shape index (κ2) is 8.74. The third kappa shape index (κ3) is 4.91. The quantitative estimate of drug-likeness (QED) is 0.644. The highest BCUT2D eigenvalue weighted by Crippen LogP contribution is 2.28. The number of nitrogens with zero attached hydrogens (tertiary/aromatic N) is 1. The minimum Gasteiger partial charge on any atom is -0.310 e. The minimum atomic E-state index is -3.95. The van der Waals surface area contributed by atoms with Crippen LogP contribution in [0.3, 0.4) is 0 Å². The number of rotatable bonds is 7. The molecule has 1 fully saturated rings. The number of likely N-dealkylation sites (N-methyl/N-ethyl adjacent to an activating group) is 1. The molecule has 164 valence electrons. The van der Waals surface area contributed by atoms with Crippen LogP contribution >= 0.6 is 0 Å². The van der Waals surface area contributed by atoms with Gasteiger partial charge in [-0.2, -0.15) is 0 Å². The van der Waals surface area contributed by atoms with Gasteiger partial charge in [0.1, 0.15) is 5.82 Å². The Morgan fingerprint density at radius 3 is 2.40 bits per heavy atom. The lowest BCUT2D eigenvalue weighted by atomic mass is 10.1. The van der Waals surface area contributed by atoms with Crippen LogP contribution in [0.2, 0.25) is 0 Å². The van der Waals surface area contributed by atoms with E-state index in [2.05, 4.69) is 5.32 Å². The van der Waals surface area contributed by atoms with Gasteiger partial charge in [-0.05, 0) is 50.3 Å². The van der Waals surface area contributed by atoms with Gasteiger partial charge in [-0.3, -0.25) is 0 Å². The fourth-order valence-electron chi connectivity index (χ4n) is 3.82. The first-order chi connectivity index (χ1) is 14.0. The molecule has 9 heteroatoms. The van der Waals surface area contributed by atoms with Crippen molar-refractivity contribution in [1.29, 1.82) is 0 Å². The predicted octanol–water partition coefficient (Wildman–Crippen LogP) is 1.97. The van der Waals surface area contributed by atoms with Gasteiger partial charge < -0.3 is 10.2 Å². The highest BCUT2D eigenvalue weighted by molar-refractivity contribution is 7.96. The topological polar surface area (TPSA) is 83.5 Å². The average molecular weight is 455 g/mol. The minimum absolute atomic E-state index is 0.0501. The molecule has 3 atom stereocenters. The molecular weight excluding hydrogens is 427 g/mol. The van der Waals surface area contributed by atoms with Gasteiger partial charge in [-0.25, -0.2) is 21.2 Å². The summed E-state index contributed by atoms with van der Waals surface area (Å²) in [5.74, 6) is -1.19. The molecule has 6 nitrogen and oxygen atoms in total. The molecule has 0 saturated carbocycles. The van der Waals surface area contributed by atoms with Gasteiger partial charge in [0.05, 0.1) is 21.7 Å². The molecule has 1 aliphatic heterocycles. The Hall–Kier alpha value is -1.81. The predicted molar refractivity (Wildman–Crippen MR) is 115 cm³/mol. The first-order valence-corrected chi connectivity index (χ1v) is 13.0. The molecule has 1 heterocycles. The molecule has 0 spiro atoms. The molecular formula is C21H27FN2O4S2. The molecule has 0 aromatic heterocycles. The Balaban J connectivity index is 1.86. The summed E-state index contributed by atoms with van der Waals surface area (Å²) in [6, 6.07) is 12.5. The van der Waals surface area contributed by atoms with Gasteiger partial charge in [-0.15, -0.1) is 0 Å². The van der Waals surface area contributed by atoms with Gasteiger partial charge in [0, 0.05) is 18.6 Å². The second-order valence-corrected chi connectivity index (χ2v) is 12.3. The summed E-state index contributed by atoms with van der Waals surface area (Å²) in [4.78, 5) is 1.95. The maximum absolute atomic E-state index is 13.6. The highest BCUT2D eigenvalue weighted by atomic mass is 32.2. The molecule has 0 radical (unpaired) electrons. The van der Waals surface area contributed by atoms with Crippen molar-refractivity contribution in [1.82, 2.24) is 10.2 Å². The molecule has 1 unspecified atom stereocenters. The van der Waals surface area contributed by atoms with E-state index in [1.54, 1.807) is 0 Å². The number of sulfone groups is 2. The van der Waals surface area contributed by atoms with Crippen LogP contribution in [-0.2, 0) is 19.7 Å². The van der Waals surface area contributed by atoms with Crippen LogP contribution in [0.4, 0.5) is 4.39 Å². The molecule has 2 aromatic rings. The lowest BCUT2D eigenvalue weighted by molar-refractivity contribution is 0.282. The fraction of sp³-hybridized carbons (Fsp3) is 0.429. The first kappa shape index (κ1) is 22.9. The lowest BCUT2D eigenvalue weighted by Crippen LogP contribution is -2.46. The summed E-state index contributed by atoms with van der Waals surface area (Å²) in [7, 11) is -3.64. The molecule has 3 rings (SSSR count). The molecule has 0 amide bonds. The zero-order valence-electron chi connectivity index (χ0n) is 17.2. The van der Waals surface area contributed by atoms with Crippen LogP contribution in [0.15, 0.2) is 53.4 Å². The van der Waals surface area contributed by atoms with Gasteiger partial charge in [0.25, 0.3) is 0 Å². The number of halogens is 1. The van der Waals surface area contributed by atoms with E-state index in [9.17, 15) is 21.2 Å². The molecule has 1 aliphatic rings. The van der Waals surface area contributed by atoms with Crippen LogP contribution in [-0.4, -0.2) is 65.2 Å². The molecule has 30 heavy (non-hydrogen) atoms. The Morgan fingerprint density at radius 1 is 1.13 bits per heavy atom. The van der Waals surface area contributed by atoms with Crippen molar-refractivity contribution in [3.63, 3.8) is 0 Å². The van der Waals surface area contributed by atoms with E-state index < -0.39 is 42.5 Å². The van der Waals surface area contributed by atoms with E-state index >= 15 is 0 Å². The van der Waals surface area contributed by atoms with Crippen molar-refractivity contribution in [3.05, 3.63) is 65.5 Å². The first-order valence-electron chi connectivity index (χ1n) is 9.66. The van der Waals surface area contributed by atoms with E-state index in [0.717, 1.165) is 11.6 Å². The number of benzene rings is 2. The van der Waals surface area contributed by atoms with E-state index in [4.69, 9.17) is 0 Å². The largest absolute Gasteiger partial charge is 0.310 e. The van der Waals surface area contributed by atoms with Crippen LogP contribution < -0.4 is 5.32 Å². The zero-order chi connectivity index (χ0) is 22.1. The van der Waals surface area contributed by atoms with Gasteiger partial charge in [-0.1, -0.05) is 30.3 Å². The maximum atomic E-state index is 13.6. The van der Waals surface area contributed by atoms with Crippen LogP contribution in [0.1, 0.15) is 17.2 Å². The Morgan fingerprint density at radius 2 is 1.80 bits per heavy atom. The van der Waals surface area contributed by atoms with Gasteiger partial charge >= 0.3 is 0 Å². The Kier molecular flexibility index (Phi) is 6.66. The lowest BCUT2D eigenvalue weighted by Gasteiger charge is -2.28. The number of hydrogen-bond acceptors (Lipinski definition) is 6. The molecule has 0 aliphatic carbocycles. The highest BCUT2D eigenvalue weighted by Gasteiger charge is 2.46. The summed E-state index contributed by atoms with van der Waals surface area (Å²) >= 11 is 0. The van der Waals surface area contributed by atoms with Crippen molar-refractivity contribution in [3.8, 4) is 0 Å². The van der Waals surface area contributed by atoms with Crippen molar-refractivity contribution < 1.29 is 21.2 Å². The fourth-order valence-corrected chi connectivity index (χ4v) is 8.62. The Labute approximate surface area is 177 Å². The third-order valence-corrected chi connectivity index (χ3v) is 9.69. The van der Waals surface area contributed by atoms with E-state index in [1.165, 1.54) is 19.1 Å². The van der Waals surface area contributed by atoms with Crippen molar-refractivity contribution >= 4 is 19.7 Å². The molecule has 1 N–H and O–H groups in total. The van der Waals surface area contributed by atoms with Crippen LogP contribution in [0.25, 0.3) is 0 Å². The summed E-state index contributed by atoms with van der Waals surface area (Å²) in [6.07, 6.45) is 0. The van der Waals surface area contributed by atoms with Crippen molar-refractivity contribution in [2.24, 2.45) is 0 Å². The maximum Gasteiger partial charge on any atom is 0.183 e. The summed E-state index contributed by atoms with van der Waals surface area (Å²) in [6.45, 7) is 1.88. The smallest absolute Gasteiger partial charge is 0.183 e. The monoisotopic (exact) mass is 454 g/mol. The Bertz CT molecular complexity index is 1100. The average Bonchev–Trinajstić information content (AvgIpc) is 3.00. The normalized spacial score (nSPS) is 22.3. The SMILES string of the molecule is Cc1cc(S(=O)(=O)[C@H]2CS(=O)(=O)C[C@@H]2NCC(c2ccccc2)N(C)C)ccc1F. The summed E-state index contributed by atoms with van der Waals surface area (Å²) < 4.78 is 64.7. The zero-order valence-corrected chi connectivity index (χ0v) is 18.9. The number of nitrogens with one attached hydrogen (secondary N) is 1. The van der Waals surface area contributed by atoms with E-state index in [1.807, 2.05) is 49.3 Å². The van der Waals surface area contributed by atoms with Crippen molar-refractivity contribution in [2.75, 3.05) is 32.1 Å². The van der Waals surface area contributed by atoms with E-state index in [-0.39, 0.29) is 22.3 Å². The van der Waals surface area contributed by atoms with Gasteiger partial charge in [0.2, 0.25) is 0 Å². The second-order valence-electron chi connectivity index (χ2n) is 7.98. The molecule has 0 bridgehead atoms. The summed E-state index contributed by atoms with van der Waals surface area (Å²) in [5, 5.41) is 2.08. The van der Waals surface area contributed by atoms with Crippen LogP contribution in [0.5, 0.6) is 0 Å². The number of aryl methyl sites for hydroxylation is 1. The third-order valence-electron chi connectivity index (χ3n) is 5.54. The van der Waals surface area contributed by atoms with Crippen LogP contribution in [0, 0.1) is 12.7 Å². The van der Waals surface area contributed by atoms with E-state index in [0.29, 0.717) is 6.54 Å². The summed E-state index contributed by atoms with van der Waals surface area (Å²) in [5.41, 5.74) is 1.25. The van der Waals surface area contributed by atoms with Gasteiger partial charge in [0.15, 0.2) is 19.7 Å². The van der Waals surface area contributed by atoms with Crippen molar-refractivity contribution in [2.45, 2.75) is 29.2 Å². The molecule has 2 aromatic carbocycles.